The molecular weight excluding hydrogens is 178 g/mol. The fraction of sp³-hybridized carbons (Fsp3) is 1.00. The molecule has 1 heterocycles. The van der Waals surface area contributed by atoms with Gasteiger partial charge in [-0.15, -0.1) is 0 Å². The zero-order chi connectivity index (χ0) is 8.65. The van der Waals surface area contributed by atoms with E-state index < -0.39 is 0 Å². The van der Waals surface area contributed by atoms with E-state index in [1.165, 1.54) is 38.5 Å². The van der Waals surface area contributed by atoms with Crippen molar-refractivity contribution in [3.8, 4) is 0 Å². The van der Waals surface area contributed by atoms with Crippen molar-refractivity contribution < 1.29 is 4.84 Å². The third-order valence-electron chi connectivity index (χ3n) is 2.38. The van der Waals surface area contributed by atoms with Crippen LogP contribution < -0.4 is 0 Å². The Morgan fingerprint density at radius 1 is 1.08 bits per heavy atom. The summed E-state index contributed by atoms with van der Waals surface area (Å²) in [5.74, 6) is 0. The van der Waals surface area contributed by atoms with Gasteiger partial charge in [0.2, 0.25) is 0 Å². The Balaban J connectivity index is 0.00000144. The van der Waals surface area contributed by atoms with Gasteiger partial charge in [0.15, 0.2) is 0 Å². The van der Waals surface area contributed by atoms with Crippen LogP contribution in [0.5, 0.6) is 0 Å². The highest BCUT2D eigenvalue weighted by Gasteiger charge is 2.12. The molecule has 1 fully saturated rings. The maximum absolute atomic E-state index is 5.19. The first-order chi connectivity index (χ1) is 5.93. The Morgan fingerprint density at radius 2 is 1.69 bits per heavy atom. The molecule has 0 aliphatic carbocycles. The van der Waals surface area contributed by atoms with E-state index in [-0.39, 0.29) is 11.0 Å². The van der Waals surface area contributed by atoms with Crippen LogP contribution in [0, 0.1) is 0 Å². The van der Waals surface area contributed by atoms with E-state index in [9.17, 15) is 0 Å². The Hall–Kier alpha value is 0.137. The third kappa shape index (κ3) is 6.24. The summed E-state index contributed by atoms with van der Waals surface area (Å²) in [7, 11) is 0. The molecule has 0 amide bonds. The topological polar surface area (TPSA) is 12.5 Å². The highest BCUT2D eigenvalue weighted by Crippen LogP contribution is 2.08. The number of nitrogens with zero attached hydrogens (tertiary/aromatic N) is 1. The maximum atomic E-state index is 5.19. The van der Waals surface area contributed by atoms with Gasteiger partial charge in [-0.25, -0.2) is 0 Å². The van der Waals surface area contributed by atoms with Crippen LogP contribution in [-0.4, -0.2) is 35.7 Å². The van der Waals surface area contributed by atoms with E-state index >= 15 is 0 Å². The van der Waals surface area contributed by atoms with Gasteiger partial charge in [0.1, 0.15) is 0 Å². The van der Waals surface area contributed by atoms with Gasteiger partial charge in [0.25, 0.3) is 0 Å². The molecular formula is C10H25NOSi. The summed E-state index contributed by atoms with van der Waals surface area (Å²) < 4.78 is 0. The molecule has 0 N–H and O–H groups in total. The van der Waals surface area contributed by atoms with Gasteiger partial charge in [-0.2, -0.15) is 5.06 Å². The first kappa shape index (κ1) is 13.1. The van der Waals surface area contributed by atoms with Crippen molar-refractivity contribution in [3.63, 3.8) is 0 Å². The van der Waals surface area contributed by atoms with E-state index in [1.807, 2.05) is 0 Å². The monoisotopic (exact) mass is 203 g/mol. The van der Waals surface area contributed by atoms with Crippen molar-refractivity contribution in [1.82, 2.24) is 5.06 Å². The lowest BCUT2D eigenvalue weighted by Crippen LogP contribution is -2.39. The van der Waals surface area contributed by atoms with Gasteiger partial charge in [0, 0.05) is 13.1 Å². The van der Waals surface area contributed by atoms with Crippen molar-refractivity contribution in [1.29, 1.82) is 0 Å². The standard InChI is InChI=1S/C10H21NO.H4Si/c1-2-3-4-5-6-7-8-11-9-10-12-11;/h2-10H2,1H3;1H4. The predicted octanol–water partition coefficient (Wildman–Crippen LogP) is 1.14. The number of rotatable bonds is 7. The minimum absolute atomic E-state index is 0. The van der Waals surface area contributed by atoms with Gasteiger partial charge in [-0.1, -0.05) is 39.0 Å². The summed E-state index contributed by atoms with van der Waals surface area (Å²) in [4.78, 5) is 5.19. The molecule has 0 aromatic carbocycles. The lowest BCUT2D eigenvalue weighted by Gasteiger charge is -2.29. The van der Waals surface area contributed by atoms with E-state index in [4.69, 9.17) is 4.84 Å². The average Bonchev–Trinajstić information content (AvgIpc) is 2.00. The van der Waals surface area contributed by atoms with Crippen LogP contribution in [0.1, 0.15) is 45.4 Å². The smallest absolute Gasteiger partial charge is 0.0835 e. The fourth-order valence-electron chi connectivity index (χ4n) is 1.47. The molecule has 1 saturated heterocycles. The summed E-state index contributed by atoms with van der Waals surface area (Å²) in [5.41, 5.74) is 0. The molecule has 1 rings (SSSR count). The first-order valence-electron chi connectivity index (χ1n) is 5.31. The molecule has 0 saturated carbocycles. The largest absolute Gasteiger partial charge is 0.297 e. The molecule has 13 heavy (non-hydrogen) atoms. The number of hydroxylamine groups is 2. The fourth-order valence-corrected chi connectivity index (χ4v) is 1.47. The Bertz CT molecular complexity index is 107. The average molecular weight is 203 g/mol. The molecule has 1 aliphatic rings. The molecule has 0 spiro atoms. The van der Waals surface area contributed by atoms with Crippen LogP contribution >= 0.6 is 0 Å². The molecule has 0 aromatic heterocycles. The second-order valence-corrected chi connectivity index (χ2v) is 3.53. The lowest BCUT2D eigenvalue weighted by molar-refractivity contribution is -0.246. The summed E-state index contributed by atoms with van der Waals surface area (Å²) in [6.07, 6.45) is 8.25. The Kier molecular flexibility index (Phi) is 8.81. The van der Waals surface area contributed by atoms with Gasteiger partial charge in [-0.05, 0) is 17.4 Å². The SMILES string of the molecule is CCCCCCCCN1CCO1.[SiH4]. The molecule has 0 aromatic rings. The van der Waals surface area contributed by atoms with Crippen LogP contribution in [0.3, 0.4) is 0 Å². The van der Waals surface area contributed by atoms with Gasteiger partial charge in [0.05, 0.1) is 6.61 Å². The van der Waals surface area contributed by atoms with E-state index in [1.54, 1.807) is 0 Å². The quantitative estimate of drug-likeness (QED) is 0.454. The van der Waals surface area contributed by atoms with Crippen molar-refractivity contribution in [2.75, 3.05) is 19.7 Å². The molecule has 3 heteroatoms. The van der Waals surface area contributed by atoms with E-state index in [0.717, 1.165) is 19.7 Å². The van der Waals surface area contributed by atoms with Crippen molar-refractivity contribution >= 4 is 11.0 Å². The highest BCUT2D eigenvalue weighted by atomic mass is 28.1. The summed E-state index contributed by atoms with van der Waals surface area (Å²) in [6.45, 7) is 5.49. The van der Waals surface area contributed by atoms with Crippen molar-refractivity contribution in [2.24, 2.45) is 0 Å². The maximum Gasteiger partial charge on any atom is 0.0835 e. The minimum Gasteiger partial charge on any atom is -0.297 e. The first-order valence-corrected chi connectivity index (χ1v) is 5.31. The van der Waals surface area contributed by atoms with Gasteiger partial charge >= 0.3 is 0 Å². The predicted molar refractivity (Wildman–Crippen MR) is 62.2 cm³/mol. The Labute approximate surface area is 86.6 Å². The third-order valence-corrected chi connectivity index (χ3v) is 2.38. The molecule has 80 valence electrons. The number of hydrogen-bond acceptors (Lipinski definition) is 2. The zero-order valence-corrected chi connectivity index (χ0v) is 8.22. The Morgan fingerprint density at radius 3 is 2.23 bits per heavy atom. The summed E-state index contributed by atoms with van der Waals surface area (Å²) >= 11 is 0. The van der Waals surface area contributed by atoms with Gasteiger partial charge in [-0.3, -0.25) is 4.84 Å². The van der Waals surface area contributed by atoms with Crippen molar-refractivity contribution in [2.45, 2.75) is 45.4 Å². The zero-order valence-electron chi connectivity index (χ0n) is 8.22. The van der Waals surface area contributed by atoms with E-state index in [2.05, 4.69) is 12.0 Å². The molecule has 1 aliphatic heterocycles. The van der Waals surface area contributed by atoms with Crippen LogP contribution in [0.25, 0.3) is 0 Å². The van der Waals surface area contributed by atoms with Crippen LogP contribution in [0.4, 0.5) is 0 Å². The van der Waals surface area contributed by atoms with Crippen LogP contribution in [0.15, 0.2) is 0 Å². The van der Waals surface area contributed by atoms with Gasteiger partial charge < -0.3 is 0 Å². The summed E-state index contributed by atoms with van der Waals surface area (Å²) in [5, 5.41) is 2.07. The van der Waals surface area contributed by atoms with Crippen molar-refractivity contribution in [3.05, 3.63) is 0 Å². The lowest BCUT2D eigenvalue weighted by atomic mass is 10.1. The molecule has 0 radical (unpaired) electrons. The normalized spacial score (nSPS) is 16.4. The molecule has 2 nitrogen and oxygen atoms in total. The van der Waals surface area contributed by atoms with Crippen LogP contribution in [-0.2, 0) is 4.84 Å². The summed E-state index contributed by atoms with van der Waals surface area (Å²) in [6, 6.07) is 0. The second-order valence-electron chi connectivity index (χ2n) is 3.53. The minimum atomic E-state index is 0. The number of unbranched alkanes of at least 4 members (excludes halogenated alkanes) is 5. The number of hydrogen-bond donors (Lipinski definition) is 0. The molecule has 0 unspecified atom stereocenters. The molecule has 0 bridgehead atoms. The van der Waals surface area contributed by atoms with Crippen LogP contribution in [0.2, 0.25) is 0 Å². The highest BCUT2D eigenvalue weighted by molar-refractivity contribution is 5.75. The second kappa shape index (κ2) is 8.72. The molecule has 0 atom stereocenters. The van der Waals surface area contributed by atoms with E-state index in [0.29, 0.717) is 0 Å².